The smallest absolute Gasteiger partial charge is 0.133 e. The Kier molecular flexibility index (Phi) is 4.70. The number of likely N-dealkylation sites (tertiary alicyclic amines) is 2. The van der Waals surface area contributed by atoms with E-state index in [-0.39, 0.29) is 5.75 Å². The van der Waals surface area contributed by atoms with Gasteiger partial charge in [0.05, 0.1) is 11.9 Å². The Morgan fingerprint density at radius 1 is 0.960 bits per heavy atom. The highest BCUT2D eigenvalue weighted by molar-refractivity contribution is 5.19. The SMILES string of the molecule is Oc1ccc(C(O)CN2C[C@H]3CN(Cc4ccccc4)C[C@H]3C2)nc1. The van der Waals surface area contributed by atoms with E-state index >= 15 is 0 Å². The topological polar surface area (TPSA) is 59.8 Å². The average Bonchev–Trinajstić information content (AvgIpc) is 3.14. The third kappa shape index (κ3) is 3.84. The fraction of sp³-hybridized carbons (Fsp3) is 0.450. The molecule has 1 aromatic heterocycles. The number of benzene rings is 1. The molecule has 0 saturated carbocycles. The number of aliphatic hydroxyl groups is 1. The van der Waals surface area contributed by atoms with Crippen LogP contribution in [0.1, 0.15) is 17.4 Å². The van der Waals surface area contributed by atoms with E-state index in [0.29, 0.717) is 24.1 Å². The molecule has 0 aliphatic carbocycles. The summed E-state index contributed by atoms with van der Waals surface area (Å²) in [7, 11) is 0. The summed E-state index contributed by atoms with van der Waals surface area (Å²) in [6.07, 6.45) is 0.790. The van der Waals surface area contributed by atoms with Gasteiger partial charge in [-0.05, 0) is 29.5 Å². The Balaban J connectivity index is 1.28. The van der Waals surface area contributed by atoms with Crippen LogP contribution in [0.4, 0.5) is 0 Å². The highest BCUT2D eigenvalue weighted by atomic mass is 16.3. The summed E-state index contributed by atoms with van der Waals surface area (Å²) in [6, 6.07) is 13.9. The van der Waals surface area contributed by atoms with Crippen molar-refractivity contribution in [1.29, 1.82) is 0 Å². The van der Waals surface area contributed by atoms with Crippen LogP contribution in [0.15, 0.2) is 48.7 Å². The lowest BCUT2D eigenvalue weighted by molar-refractivity contribution is 0.115. The van der Waals surface area contributed by atoms with Gasteiger partial charge in [0, 0.05) is 39.3 Å². The molecule has 0 radical (unpaired) electrons. The highest BCUT2D eigenvalue weighted by Gasteiger charge is 2.40. The number of β-amino-alcohol motifs (C(OH)–C–C–N with tert-alkyl or cyclic N) is 1. The van der Waals surface area contributed by atoms with Gasteiger partial charge in [0.1, 0.15) is 11.9 Å². The van der Waals surface area contributed by atoms with Crippen molar-refractivity contribution < 1.29 is 10.2 Å². The zero-order valence-corrected chi connectivity index (χ0v) is 14.3. The summed E-state index contributed by atoms with van der Waals surface area (Å²) in [5.41, 5.74) is 2.01. The first-order valence-electron chi connectivity index (χ1n) is 8.99. The van der Waals surface area contributed by atoms with Gasteiger partial charge in [-0.1, -0.05) is 30.3 Å². The van der Waals surface area contributed by atoms with Gasteiger partial charge in [-0.25, -0.2) is 0 Å². The van der Waals surface area contributed by atoms with Crippen molar-refractivity contribution in [1.82, 2.24) is 14.8 Å². The second kappa shape index (κ2) is 7.12. The summed E-state index contributed by atoms with van der Waals surface area (Å²) in [4.78, 5) is 9.03. The predicted molar refractivity (Wildman–Crippen MR) is 96.0 cm³/mol. The van der Waals surface area contributed by atoms with Crippen molar-refractivity contribution in [3.63, 3.8) is 0 Å². The molecule has 2 aliphatic heterocycles. The quantitative estimate of drug-likeness (QED) is 0.871. The molecule has 0 spiro atoms. The normalized spacial score (nSPS) is 25.2. The van der Waals surface area contributed by atoms with E-state index in [4.69, 9.17) is 0 Å². The van der Waals surface area contributed by atoms with Gasteiger partial charge >= 0.3 is 0 Å². The fourth-order valence-electron chi connectivity index (χ4n) is 4.24. The van der Waals surface area contributed by atoms with Gasteiger partial charge in [0.15, 0.2) is 0 Å². The summed E-state index contributed by atoms with van der Waals surface area (Å²) < 4.78 is 0. The molecule has 4 rings (SSSR count). The number of hydrogen-bond acceptors (Lipinski definition) is 5. The van der Waals surface area contributed by atoms with Crippen molar-refractivity contribution in [2.24, 2.45) is 11.8 Å². The number of nitrogens with zero attached hydrogens (tertiary/aromatic N) is 3. The Morgan fingerprint density at radius 2 is 1.64 bits per heavy atom. The van der Waals surface area contributed by atoms with Crippen molar-refractivity contribution in [2.75, 3.05) is 32.7 Å². The predicted octanol–water partition coefficient (Wildman–Crippen LogP) is 1.88. The summed E-state index contributed by atoms with van der Waals surface area (Å²) in [5, 5.41) is 19.7. The molecule has 2 aliphatic rings. The lowest BCUT2D eigenvalue weighted by atomic mass is 10.0. The molecule has 0 bridgehead atoms. The molecule has 2 saturated heterocycles. The molecular weight excluding hydrogens is 314 g/mol. The lowest BCUT2D eigenvalue weighted by Crippen LogP contribution is -2.31. The van der Waals surface area contributed by atoms with Gasteiger partial charge < -0.3 is 10.2 Å². The third-order valence-corrected chi connectivity index (χ3v) is 5.43. The van der Waals surface area contributed by atoms with Gasteiger partial charge in [-0.3, -0.25) is 14.8 Å². The lowest BCUT2D eigenvalue weighted by Gasteiger charge is -2.23. The van der Waals surface area contributed by atoms with Gasteiger partial charge in [-0.15, -0.1) is 0 Å². The Bertz CT molecular complexity index is 678. The van der Waals surface area contributed by atoms with Crippen LogP contribution in [0, 0.1) is 11.8 Å². The molecule has 2 fully saturated rings. The van der Waals surface area contributed by atoms with Gasteiger partial charge in [0.25, 0.3) is 0 Å². The number of hydrogen-bond donors (Lipinski definition) is 2. The maximum Gasteiger partial charge on any atom is 0.133 e. The maximum atomic E-state index is 10.4. The molecule has 3 atom stereocenters. The second-order valence-electron chi connectivity index (χ2n) is 7.38. The monoisotopic (exact) mass is 339 g/mol. The van der Waals surface area contributed by atoms with Crippen LogP contribution in [0.3, 0.4) is 0 Å². The molecule has 2 aromatic rings. The van der Waals surface area contributed by atoms with Crippen molar-refractivity contribution in [3.8, 4) is 5.75 Å². The molecule has 3 heterocycles. The van der Waals surface area contributed by atoms with Gasteiger partial charge in [0.2, 0.25) is 0 Å². The minimum Gasteiger partial charge on any atom is -0.506 e. The largest absolute Gasteiger partial charge is 0.506 e. The number of aromatic hydroxyl groups is 1. The molecule has 1 unspecified atom stereocenters. The van der Waals surface area contributed by atoms with Crippen LogP contribution in [-0.4, -0.2) is 57.7 Å². The minimum atomic E-state index is -0.597. The number of fused-ring (bicyclic) bond motifs is 1. The zero-order valence-electron chi connectivity index (χ0n) is 14.3. The first-order chi connectivity index (χ1) is 12.2. The van der Waals surface area contributed by atoms with Gasteiger partial charge in [-0.2, -0.15) is 0 Å². The van der Waals surface area contributed by atoms with E-state index in [9.17, 15) is 10.2 Å². The molecule has 5 nitrogen and oxygen atoms in total. The number of aromatic nitrogens is 1. The summed E-state index contributed by atoms with van der Waals surface area (Å²) >= 11 is 0. The van der Waals surface area contributed by atoms with Crippen LogP contribution >= 0.6 is 0 Å². The van der Waals surface area contributed by atoms with Crippen molar-refractivity contribution in [2.45, 2.75) is 12.6 Å². The highest BCUT2D eigenvalue weighted by Crippen LogP contribution is 2.32. The molecule has 1 aromatic carbocycles. The van der Waals surface area contributed by atoms with E-state index in [2.05, 4.69) is 45.1 Å². The van der Waals surface area contributed by atoms with E-state index in [1.165, 1.54) is 11.8 Å². The first kappa shape index (κ1) is 16.5. The minimum absolute atomic E-state index is 0.130. The summed E-state index contributed by atoms with van der Waals surface area (Å²) in [6.45, 7) is 6.03. The Morgan fingerprint density at radius 3 is 2.28 bits per heavy atom. The first-order valence-corrected chi connectivity index (χ1v) is 8.99. The van der Waals surface area contributed by atoms with Crippen LogP contribution < -0.4 is 0 Å². The molecular formula is C20H25N3O2. The van der Waals surface area contributed by atoms with E-state index in [0.717, 1.165) is 32.7 Å². The number of aliphatic hydroxyl groups excluding tert-OH is 1. The van der Waals surface area contributed by atoms with E-state index in [1.54, 1.807) is 12.1 Å². The summed E-state index contributed by atoms with van der Waals surface area (Å²) in [5.74, 6) is 1.53. The van der Waals surface area contributed by atoms with Crippen LogP contribution in [-0.2, 0) is 6.54 Å². The third-order valence-electron chi connectivity index (χ3n) is 5.43. The molecule has 0 amide bonds. The molecule has 5 heteroatoms. The molecule has 132 valence electrons. The number of pyridine rings is 1. The second-order valence-corrected chi connectivity index (χ2v) is 7.38. The van der Waals surface area contributed by atoms with Crippen molar-refractivity contribution in [3.05, 3.63) is 59.9 Å². The number of rotatable bonds is 5. The molecule has 2 N–H and O–H groups in total. The fourth-order valence-corrected chi connectivity index (χ4v) is 4.24. The van der Waals surface area contributed by atoms with Crippen LogP contribution in [0.2, 0.25) is 0 Å². The Labute approximate surface area is 148 Å². The van der Waals surface area contributed by atoms with Crippen LogP contribution in [0.5, 0.6) is 5.75 Å². The van der Waals surface area contributed by atoms with Crippen LogP contribution in [0.25, 0.3) is 0 Å². The Hall–Kier alpha value is -1.95. The molecule has 25 heavy (non-hydrogen) atoms. The average molecular weight is 339 g/mol. The zero-order chi connectivity index (χ0) is 17.2. The maximum absolute atomic E-state index is 10.4. The van der Waals surface area contributed by atoms with E-state index < -0.39 is 6.10 Å². The standard InChI is InChI=1S/C20H25N3O2/c24-18-6-7-19(21-8-18)20(25)14-23-12-16-10-22(11-17(16)13-23)9-15-4-2-1-3-5-15/h1-8,16-17,20,24-25H,9-14H2/t16-,17+,20?. The van der Waals surface area contributed by atoms with E-state index in [1.807, 2.05) is 0 Å². The van der Waals surface area contributed by atoms with Crippen molar-refractivity contribution >= 4 is 0 Å².